The number of rotatable bonds is 2. The van der Waals surface area contributed by atoms with Crippen molar-refractivity contribution in [1.29, 1.82) is 0 Å². The number of Topliss-reactive ketones (excluding diaryl/α,β-unsaturated/α-hetero) is 1. The molecule has 0 amide bonds. The van der Waals surface area contributed by atoms with Crippen LogP contribution in [0.4, 0.5) is 0 Å². The molecule has 6 rings (SSSR count). The summed E-state index contributed by atoms with van der Waals surface area (Å²) < 4.78 is 22.7. The summed E-state index contributed by atoms with van der Waals surface area (Å²) in [5.74, 6) is 3.08. The molecular formula is C22H19NO5. The molecule has 3 aliphatic heterocycles. The lowest BCUT2D eigenvalue weighted by molar-refractivity contribution is 0.0872. The van der Waals surface area contributed by atoms with Crippen LogP contribution < -0.4 is 18.9 Å². The zero-order chi connectivity index (χ0) is 18.8. The number of benzene rings is 2. The van der Waals surface area contributed by atoms with Gasteiger partial charge in [-0.05, 0) is 49.6 Å². The van der Waals surface area contributed by atoms with E-state index in [1.54, 1.807) is 6.08 Å². The Hall–Kier alpha value is -2.99. The van der Waals surface area contributed by atoms with E-state index in [0.717, 1.165) is 29.0 Å². The van der Waals surface area contributed by atoms with Gasteiger partial charge in [-0.15, -0.1) is 0 Å². The monoisotopic (exact) mass is 377 g/mol. The minimum absolute atomic E-state index is 0.0953. The molecule has 1 fully saturated rings. The van der Waals surface area contributed by atoms with Crippen LogP contribution in [0.3, 0.4) is 0 Å². The molecule has 28 heavy (non-hydrogen) atoms. The second-order valence-electron chi connectivity index (χ2n) is 7.67. The van der Waals surface area contributed by atoms with Crippen molar-refractivity contribution in [1.82, 2.24) is 4.90 Å². The minimum Gasteiger partial charge on any atom is -0.477 e. The topological polar surface area (TPSA) is 57.2 Å². The van der Waals surface area contributed by atoms with Gasteiger partial charge in [0.05, 0.1) is 5.56 Å². The minimum atomic E-state index is -0.0953. The van der Waals surface area contributed by atoms with Gasteiger partial charge < -0.3 is 18.9 Å². The van der Waals surface area contributed by atoms with Crippen LogP contribution in [0.1, 0.15) is 39.9 Å². The highest BCUT2D eigenvalue weighted by Crippen LogP contribution is 2.44. The van der Waals surface area contributed by atoms with Gasteiger partial charge in [-0.25, -0.2) is 0 Å². The summed E-state index contributed by atoms with van der Waals surface area (Å²) in [5.41, 5.74) is 3.41. The second kappa shape index (κ2) is 5.75. The maximum absolute atomic E-state index is 13.0. The number of fused-ring (bicyclic) bond motifs is 3. The molecule has 142 valence electrons. The van der Waals surface area contributed by atoms with E-state index >= 15 is 0 Å². The molecule has 0 aromatic heterocycles. The molecule has 2 aromatic carbocycles. The van der Waals surface area contributed by atoms with Gasteiger partial charge in [-0.2, -0.15) is 0 Å². The van der Waals surface area contributed by atoms with Crippen molar-refractivity contribution in [3.63, 3.8) is 0 Å². The molecule has 1 aliphatic carbocycles. The van der Waals surface area contributed by atoms with Crippen LogP contribution in [-0.2, 0) is 6.54 Å². The van der Waals surface area contributed by atoms with E-state index in [4.69, 9.17) is 18.9 Å². The first-order chi connectivity index (χ1) is 13.7. The summed E-state index contributed by atoms with van der Waals surface area (Å²) in [5, 5.41) is 0. The Balaban J connectivity index is 1.35. The zero-order valence-corrected chi connectivity index (χ0v) is 15.5. The van der Waals surface area contributed by atoms with E-state index in [-0.39, 0.29) is 12.6 Å². The predicted molar refractivity (Wildman–Crippen MR) is 101 cm³/mol. The van der Waals surface area contributed by atoms with Crippen molar-refractivity contribution in [2.24, 2.45) is 0 Å². The van der Waals surface area contributed by atoms with Crippen molar-refractivity contribution in [3.8, 4) is 23.0 Å². The van der Waals surface area contributed by atoms with E-state index in [0.29, 0.717) is 41.3 Å². The highest BCUT2D eigenvalue weighted by atomic mass is 16.7. The van der Waals surface area contributed by atoms with Crippen molar-refractivity contribution >= 4 is 11.9 Å². The molecule has 0 atom stereocenters. The molecule has 4 aliphatic rings. The summed E-state index contributed by atoms with van der Waals surface area (Å²) in [7, 11) is 0. The molecule has 0 radical (unpaired) electrons. The Labute approximate surface area is 162 Å². The predicted octanol–water partition coefficient (Wildman–Crippen LogP) is 3.65. The third-order valence-corrected chi connectivity index (χ3v) is 5.72. The molecule has 0 saturated heterocycles. The van der Waals surface area contributed by atoms with Gasteiger partial charge in [0.1, 0.15) is 18.2 Å². The van der Waals surface area contributed by atoms with Crippen molar-refractivity contribution in [2.75, 3.05) is 13.5 Å². The number of allylic oxidation sites excluding steroid dienone is 1. The largest absolute Gasteiger partial charge is 0.477 e. The lowest BCUT2D eigenvalue weighted by atomic mass is 10.00. The Morgan fingerprint density at radius 3 is 2.79 bits per heavy atom. The van der Waals surface area contributed by atoms with Crippen LogP contribution >= 0.6 is 0 Å². The first-order valence-corrected chi connectivity index (χ1v) is 9.54. The smallest absolute Gasteiger partial charge is 0.231 e. The van der Waals surface area contributed by atoms with Crippen LogP contribution in [0.2, 0.25) is 0 Å². The van der Waals surface area contributed by atoms with E-state index < -0.39 is 0 Å². The zero-order valence-electron chi connectivity index (χ0n) is 15.5. The van der Waals surface area contributed by atoms with Crippen LogP contribution in [0.25, 0.3) is 6.08 Å². The van der Waals surface area contributed by atoms with Gasteiger partial charge in [0, 0.05) is 23.7 Å². The van der Waals surface area contributed by atoms with Gasteiger partial charge in [0.2, 0.25) is 12.6 Å². The van der Waals surface area contributed by atoms with Crippen LogP contribution in [0.15, 0.2) is 30.0 Å². The molecule has 1 saturated carbocycles. The van der Waals surface area contributed by atoms with Crippen LogP contribution in [0, 0.1) is 6.92 Å². The number of hydrogen-bond donors (Lipinski definition) is 0. The maximum atomic E-state index is 13.0. The fraction of sp³-hybridized carbons (Fsp3) is 0.318. The van der Waals surface area contributed by atoms with Gasteiger partial charge >= 0.3 is 0 Å². The van der Waals surface area contributed by atoms with Crippen LogP contribution in [0.5, 0.6) is 23.0 Å². The molecule has 3 heterocycles. The summed E-state index contributed by atoms with van der Waals surface area (Å²) >= 11 is 0. The fourth-order valence-electron chi connectivity index (χ4n) is 4.09. The van der Waals surface area contributed by atoms with E-state index in [1.807, 2.05) is 31.2 Å². The van der Waals surface area contributed by atoms with Crippen molar-refractivity contribution in [2.45, 2.75) is 32.4 Å². The summed E-state index contributed by atoms with van der Waals surface area (Å²) in [6, 6.07) is 8.13. The average Bonchev–Trinajstić information content (AvgIpc) is 3.38. The van der Waals surface area contributed by atoms with Gasteiger partial charge in [-0.3, -0.25) is 9.69 Å². The third kappa shape index (κ3) is 2.41. The van der Waals surface area contributed by atoms with Gasteiger partial charge in [0.25, 0.3) is 0 Å². The Morgan fingerprint density at radius 1 is 1.07 bits per heavy atom. The lowest BCUT2D eigenvalue weighted by Crippen LogP contribution is -2.34. The molecule has 2 aromatic rings. The Morgan fingerprint density at radius 2 is 1.93 bits per heavy atom. The van der Waals surface area contributed by atoms with E-state index in [2.05, 4.69) is 4.90 Å². The Kier molecular flexibility index (Phi) is 3.29. The number of nitrogens with zero attached hydrogens (tertiary/aromatic N) is 1. The Bertz CT molecular complexity index is 1050. The van der Waals surface area contributed by atoms with E-state index in [9.17, 15) is 4.79 Å². The molecule has 6 nitrogen and oxygen atoms in total. The third-order valence-electron chi connectivity index (χ3n) is 5.72. The molecule has 0 unspecified atom stereocenters. The summed E-state index contributed by atoms with van der Waals surface area (Å²) in [6.45, 7) is 3.61. The highest BCUT2D eigenvalue weighted by Gasteiger charge is 2.36. The molecule has 0 spiro atoms. The standard InChI is InChI=1S/C22H19NO5/c1-12-21-14(9-23(10-25-21)15-3-4-15)8-16-20(24)19(28-22(12)16)7-13-2-5-17-18(6-13)27-11-26-17/h2,5-8,15H,3-4,9-11H2,1H3/b19-7-. The molecule has 6 heteroatoms. The quantitative estimate of drug-likeness (QED) is 0.745. The fourth-order valence-corrected chi connectivity index (χ4v) is 4.09. The number of carbonyl (C=O) groups is 1. The molecule has 0 bridgehead atoms. The summed E-state index contributed by atoms with van der Waals surface area (Å²) in [4.78, 5) is 15.3. The van der Waals surface area contributed by atoms with Crippen molar-refractivity contribution < 1.29 is 23.7 Å². The SMILES string of the molecule is Cc1c2c(cc3c1O/C(=C\c1ccc4c(c1)OCO4)C3=O)CN(C1CC1)CO2. The van der Waals surface area contributed by atoms with Crippen molar-refractivity contribution in [3.05, 3.63) is 52.3 Å². The second-order valence-corrected chi connectivity index (χ2v) is 7.67. The van der Waals surface area contributed by atoms with Gasteiger partial charge in [0.15, 0.2) is 17.3 Å². The van der Waals surface area contributed by atoms with E-state index in [1.165, 1.54) is 12.8 Å². The number of ketones is 1. The number of carbonyl (C=O) groups excluding carboxylic acids is 1. The highest BCUT2D eigenvalue weighted by molar-refractivity contribution is 6.15. The summed E-state index contributed by atoms with van der Waals surface area (Å²) in [6.07, 6.45) is 4.21. The molecular weight excluding hydrogens is 358 g/mol. The van der Waals surface area contributed by atoms with Gasteiger partial charge in [-0.1, -0.05) is 6.07 Å². The molecule has 0 N–H and O–H groups in total. The maximum Gasteiger partial charge on any atom is 0.231 e. The lowest BCUT2D eigenvalue weighted by Gasteiger charge is -2.30. The number of hydrogen-bond acceptors (Lipinski definition) is 6. The first-order valence-electron chi connectivity index (χ1n) is 9.54. The average molecular weight is 377 g/mol. The normalized spacial score (nSPS) is 21.3. The first kappa shape index (κ1) is 16.0. The number of ether oxygens (including phenoxy) is 4. The van der Waals surface area contributed by atoms with Crippen LogP contribution in [-0.4, -0.2) is 30.2 Å².